The Bertz CT molecular complexity index is 1550. The molecular weight excluding hydrogens is 514 g/mol. The molecule has 41 heavy (non-hydrogen) atoms. The maximum Gasteiger partial charge on any atom is 0.338 e. The number of nitrogens with one attached hydrogen (secondary N) is 1. The van der Waals surface area contributed by atoms with Crippen LogP contribution in [0.25, 0.3) is 11.1 Å². The van der Waals surface area contributed by atoms with Gasteiger partial charge in [0.1, 0.15) is 17.4 Å². The van der Waals surface area contributed by atoms with Crippen LogP contribution in [0.15, 0.2) is 113 Å². The van der Waals surface area contributed by atoms with Gasteiger partial charge in [-0.15, -0.1) is 0 Å². The summed E-state index contributed by atoms with van der Waals surface area (Å²) < 4.78 is 5.52. The van der Waals surface area contributed by atoms with Crippen molar-refractivity contribution in [1.29, 1.82) is 0 Å². The van der Waals surface area contributed by atoms with Crippen molar-refractivity contribution in [1.82, 2.24) is 0 Å². The van der Waals surface area contributed by atoms with Crippen LogP contribution in [-0.2, 0) is 16.0 Å². The first-order valence-corrected chi connectivity index (χ1v) is 12.9. The third kappa shape index (κ3) is 8.90. The Balaban J connectivity index is 1.68. The Labute approximate surface area is 240 Å². The Hall–Kier alpha value is -5.24. The molecule has 3 aromatic rings. The number of anilines is 1. The van der Waals surface area contributed by atoms with E-state index in [0.29, 0.717) is 41.2 Å². The highest BCUT2D eigenvalue weighted by Crippen LogP contribution is 2.34. The first-order valence-electron chi connectivity index (χ1n) is 12.9. The number of nitrogens with zero attached hydrogens (tertiary/aromatic N) is 2. The molecule has 0 aliphatic heterocycles. The molecule has 0 heterocycles. The van der Waals surface area contributed by atoms with Gasteiger partial charge in [-0.1, -0.05) is 50.1 Å². The molecule has 0 unspecified atom stereocenters. The van der Waals surface area contributed by atoms with Crippen LogP contribution in [0.2, 0.25) is 0 Å². The molecule has 0 radical (unpaired) electrons. The van der Waals surface area contributed by atoms with Gasteiger partial charge in [0, 0.05) is 17.7 Å². The summed E-state index contributed by atoms with van der Waals surface area (Å²) in [6.45, 7) is 16.3. The van der Waals surface area contributed by atoms with Gasteiger partial charge in [0.05, 0.1) is 5.69 Å². The molecule has 3 aromatic carbocycles. The lowest BCUT2D eigenvalue weighted by Gasteiger charge is -2.11. The van der Waals surface area contributed by atoms with Crippen LogP contribution >= 0.6 is 0 Å². The molecule has 210 valence electrons. The standard InChI is InChI=1S/C33H35N5O3/c1-20(2)31(34)37-27-13-7-23(8-14-27)9-18-30(39)36-26-15-10-24(11-16-26)25-12-17-28(38-32(35)21(3)4)29(19-25)41-33(40)22(5)6/h7-8,10-17,19H,1,3,5,9,18H2,2,4,6H3,(H2,34,37)(H2,35,38)(H,36,39). The molecule has 8 nitrogen and oxygen atoms in total. The second kappa shape index (κ2) is 13.7. The fourth-order valence-corrected chi connectivity index (χ4v) is 3.48. The van der Waals surface area contributed by atoms with Crippen molar-refractivity contribution in [2.24, 2.45) is 21.5 Å². The van der Waals surface area contributed by atoms with Crippen molar-refractivity contribution in [2.75, 3.05) is 5.32 Å². The molecule has 1 amide bonds. The van der Waals surface area contributed by atoms with Gasteiger partial charge >= 0.3 is 5.97 Å². The van der Waals surface area contributed by atoms with E-state index in [1.54, 1.807) is 32.9 Å². The summed E-state index contributed by atoms with van der Waals surface area (Å²) >= 11 is 0. The second-order valence-electron chi connectivity index (χ2n) is 9.70. The van der Waals surface area contributed by atoms with E-state index in [-0.39, 0.29) is 23.1 Å². The highest BCUT2D eigenvalue weighted by molar-refractivity contribution is 5.99. The summed E-state index contributed by atoms with van der Waals surface area (Å²) in [5, 5.41) is 2.93. The number of hydrogen-bond acceptors (Lipinski definition) is 5. The smallest absolute Gasteiger partial charge is 0.338 e. The Kier molecular flexibility index (Phi) is 10.1. The number of esters is 1. The van der Waals surface area contributed by atoms with E-state index in [0.717, 1.165) is 22.4 Å². The number of hydrogen-bond donors (Lipinski definition) is 3. The number of amidine groups is 2. The number of rotatable bonds is 11. The normalized spacial score (nSPS) is 11.5. The molecule has 0 saturated carbocycles. The second-order valence-corrected chi connectivity index (χ2v) is 9.70. The lowest BCUT2D eigenvalue weighted by Crippen LogP contribution is -2.12. The quantitative estimate of drug-likeness (QED) is 0.0822. The minimum Gasteiger partial charge on any atom is -0.421 e. The van der Waals surface area contributed by atoms with E-state index >= 15 is 0 Å². The molecule has 0 bridgehead atoms. The maximum atomic E-state index is 12.6. The van der Waals surface area contributed by atoms with Gasteiger partial charge < -0.3 is 21.5 Å². The number of carbonyl (C=O) groups is 2. The summed E-state index contributed by atoms with van der Waals surface area (Å²) in [5.74, 6) is 0.210. The molecule has 0 aliphatic carbocycles. The predicted octanol–water partition coefficient (Wildman–Crippen LogP) is 6.54. The lowest BCUT2D eigenvalue weighted by molar-refractivity contribution is -0.130. The number of ether oxygens (including phenoxy) is 1. The molecule has 0 saturated heterocycles. The zero-order valence-corrected chi connectivity index (χ0v) is 23.7. The van der Waals surface area contributed by atoms with Crippen LogP contribution in [0.5, 0.6) is 5.75 Å². The molecule has 0 spiro atoms. The number of amides is 1. The predicted molar refractivity (Wildman–Crippen MR) is 168 cm³/mol. The number of carbonyl (C=O) groups excluding carboxylic acids is 2. The van der Waals surface area contributed by atoms with E-state index < -0.39 is 5.97 Å². The third-order valence-corrected chi connectivity index (χ3v) is 5.95. The van der Waals surface area contributed by atoms with Crippen molar-refractivity contribution < 1.29 is 14.3 Å². The topological polar surface area (TPSA) is 132 Å². The third-order valence-electron chi connectivity index (χ3n) is 5.95. The zero-order valence-electron chi connectivity index (χ0n) is 23.7. The molecular formula is C33H35N5O3. The largest absolute Gasteiger partial charge is 0.421 e. The van der Waals surface area contributed by atoms with Gasteiger partial charge in [-0.05, 0) is 91.4 Å². The molecule has 0 atom stereocenters. The molecule has 3 rings (SSSR count). The first kappa shape index (κ1) is 30.3. The van der Waals surface area contributed by atoms with Gasteiger partial charge in [0.15, 0.2) is 5.75 Å². The van der Waals surface area contributed by atoms with Crippen LogP contribution in [0.4, 0.5) is 17.1 Å². The van der Waals surface area contributed by atoms with Gasteiger partial charge in [0.25, 0.3) is 0 Å². The summed E-state index contributed by atoms with van der Waals surface area (Å²) in [6.07, 6.45) is 0.908. The number of aliphatic imine (C=N–C) groups is 2. The van der Waals surface area contributed by atoms with Crippen LogP contribution in [-0.4, -0.2) is 23.5 Å². The fourth-order valence-electron chi connectivity index (χ4n) is 3.48. The fraction of sp³-hybridized carbons (Fsp3) is 0.152. The summed E-state index contributed by atoms with van der Waals surface area (Å²) in [5.41, 5.74) is 17.8. The van der Waals surface area contributed by atoms with Gasteiger partial charge in [-0.25, -0.2) is 14.8 Å². The minimum absolute atomic E-state index is 0.0994. The SMILES string of the molecule is C=C(C)C(=O)Oc1cc(-c2ccc(NC(=O)CCc3ccc(N=C(N)C(=C)C)cc3)cc2)ccc1N=C(N)C(=C)C. The minimum atomic E-state index is -0.567. The Morgan fingerprint density at radius 3 is 1.95 bits per heavy atom. The summed E-state index contributed by atoms with van der Waals surface area (Å²) in [4.78, 5) is 33.4. The van der Waals surface area contributed by atoms with E-state index in [1.165, 1.54) is 0 Å². The van der Waals surface area contributed by atoms with Gasteiger partial charge in [-0.3, -0.25) is 4.79 Å². The number of benzene rings is 3. The van der Waals surface area contributed by atoms with Crippen molar-refractivity contribution >= 4 is 40.6 Å². The zero-order chi connectivity index (χ0) is 30.1. The van der Waals surface area contributed by atoms with Crippen molar-refractivity contribution in [2.45, 2.75) is 33.6 Å². The molecule has 0 aliphatic rings. The summed E-state index contributed by atoms with van der Waals surface area (Å²) in [6, 6.07) is 20.2. The average molecular weight is 550 g/mol. The van der Waals surface area contributed by atoms with Crippen molar-refractivity contribution in [3.05, 3.63) is 109 Å². The molecule has 8 heteroatoms. The maximum absolute atomic E-state index is 12.6. The van der Waals surface area contributed by atoms with Gasteiger partial charge in [0.2, 0.25) is 5.91 Å². The van der Waals surface area contributed by atoms with Crippen molar-refractivity contribution in [3.63, 3.8) is 0 Å². The van der Waals surface area contributed by atoms with E-state index in [2.05, 4.69) is 35.0 Å². The van der Waals surface area contributed by atoms with Crippen LogP contribution in [0.1, 0.15) is 32.8 Å². The monoisotopic (exact) mass is 549 g/mol. The molecule has 5 N–H and O–H groups in total. The molecule has 0 fully saturated rings. The molecule has 0 aromatic heterocycles. The summed E-state index contributed by atoms with van der Waals surface area (Å²) in [7, 11) is 0. The van der Waals surface area contributed by atoms with Gasteiger partial charge in [-0.2, -0.15) is 0 Å². The lowest BCUT2D eigenvalue weighted by atomic mass is 10.0. The van der Waals surface area contributed by atoms with E-state index in [9.17, 15) is 9.59 Å². The van der Waals surface area contributed by atoms with Crippen LogP contribution in [0.3, 0.4) is 0 Å². The van der Waals surface area contributed by atoms with Crippen molar-refractivity contribution in [3.8, 4) is 16.9 Å². The van der Waals surface area contributed by atoms with E-state index in [1.807, 2.05) is 54.6 Å². The highest BCUT2D eigenvalue weighted by atomic mass is 16.5. The van der Waals surface area contributed by atoms with Crippen LogP contribution in [0, 0.1) is 0 Å². The highest BCUT2D eigenvalue weighted by Gasteiger charge is 2.13. The Morgan fingerprint density at radius 1 is 0.780 bits per heavy atom. The first-order chi connectivity index (χ1) is 19.4. The number of nitrogens with two attached hydrogens (primary N) is 2. The Morgan fingerprint density at radius 2 is 1.37 bits per heavy atom. The van der Waals surface area contributed by atoms with E-state index in [4.69, 9.17) is 16.2 Å². The van der Waals surface area contributed by atoms with Crippen LogP contribution < -0.4 is 21.5 Å². The average Bonchev–Trinajstić information content (AvgIpc) is 2.93. The number of aryl methyl sites for hydroxylation is 1.